The van der Waals surface area contributed by atoms with Gasteiger partial charge in [0, 0.05) is 12.6 Å². The molecule has 1 fully saturated rings. The second-order valence-electron chi connectivity index (χ2n) is 2.59. The van der Waals surface area contributed by atoms with Crippen molar-refractivity contribution in [2.45, 2.75) is 25.3 Å². The van der Waals surface area contributed by atoms with Crippen LogP contribution in [-0.2, 0) is 0 Å². The molecule has 0 aliphatic carbocycles. The molecule has 0 saturated carbocycles. The van der Waals surface area contributed by atoms with Gasteiger partial charge < -0.3 is 5.32 Å². The van der Waals surface area contributed by atoms with Gasteiger partial charge in [0.2, 0.25) is 0 Å². The van der Waals surface area contributed by atoms with Crippen molar-refractivity contribution >= 4 is 22.6 Å². The van der Waals surface area contributed by atoms with E-state index in [1.165, 1.54) is 36.8 Å². The van der Waals surface area contributed by atoms with Gasteiger partial charge in [0.25, 0.3) is 0 Å². The van der Waals surface area contributed by atoms with Crippen molar-refractivity contribution < 1.29 is 0 Å². The minimum absolute atomic E-state index is 0.674. The van der Waals surface area contributed by atoms with E-state index in [2.05, 4.69) is 21.7 Å². The summed E-state index contributed by atoms with van der Waals surface area (Å²) < 4.78 is 3.14. The molecular weight excluding hydrogens is 164 g/mol. The lowest BCUT2D eigenvalue weighted by molar-refractivity contribution is 0.402. The average Bonchev–Trinajstić information content (AvgIpc) is 2.03. The summed E-state index contributed by atoms with van der Waals surface area (Å²) in [7, 11) is 1.40. The molecular formula is C6H14N2S2. The quantitative estimate of drug-likeness (QED) is 0.344. The van der Waals surface area contributed by atoms with Gasteiger partial charge in [0.15, 0.2) is 0 Å². The summed E-state index contributed by atoms with van der Waals surface area (Å²) >= 11 is 4.00. The lowest BCUT2D eigenvalue weighted by Crippen LogP contribution is -2.39. The Morgan fingerprint density at radius 2 is 2.50 bits per heavy atom. The van der Waals surface area contributed by atoms with Crippen LogP contribution < -0.4 is 10.0 Å². The Labute approximate surface area is 71.5 Å². The fourth-order valence-corrected chi connectivity index (χ4v) is 1.74. The maximum absolute atomic E-state index is 4.00. The van der Waals surface area contributed by atoms with Gasteiger partial charge >= 0.3 is 0 Å². The Balaban J connectivity index is 2.02. The van der Waals surface area contributed by atoms with Gasteiger partial charge in [-0.3, -0.25) is 4.72 Å². The Kier molecular flexibility index (Phi) is 4.61. The van der Waals surface area contributed by atoms with Crippen molar-refractivity contribution in [1.82, 2.24) is 10.0 Å². The van der Waals surface area contributed by atoms with Gasteiger partial charge in [-0.2, -0.15) is 0 Å². The molecule has 0 bridgehead atoms. The third-order valence-corrected chi connectivity index (χ3v) is 2.49. The predicted molar refractivity (Wildman–Crippen MR) is 50.2 cm³/mol. The van der Waals surface area contributed by atoms with E-state index in [0.717, 1.165) is 6.54 Å². The lowest BCUT2D eigenvalue weighted by atomic mass is 10.1. The molecule has 2 N–H and O–H groups in total. The van der Waals surface area contributed by atoms with Crippen molar-refractivity contribution in [3.63, 3.8) is 0 Å². The summed E-state index contributed by atoms with van der Waals surface area (Å²) in [5.41, 5.74) is 0. The zero-order chi connectivity index (χ0) is 7.23. The van der Waals surface area contributed by atoms with Gasteiger partial charge in [-0.05, 0) is 30.4 Å². The molecule has 1 rings (SSSR count). The van der Waals surface area contributed by atoms with Crippen LogP contribution in [0.5, 0.6) is 0 Å². The molecule has 1 atom stereocenters. The standard InChI is InChI=1S/C6H14N2S2/c9-10-8-5-6-3-1-2-4-7-6/h6-9H,1-5H2. The van der Waals surface area contributed by atoms with E-state index in [0.29, 0.717) is 6.04 Å². The Morgan fingerprint density at radius 1 is 1.60 bits per heavy atom. The van der Waals surface area contributed by atoms with Crippen LogP contribution in [0.15, 0.2) is 0 Å². The van der Waals surface area contributed by atoms with E-state index in [-0.39, 0.29) is 0 Å². The van der Waals surface area contributed by atoms with Crippen LogP contribution in [0.1, 0.15) is 19.3 Å². The molecule has 0 amide bonds. The number of thiol groups is 1. The minimum atomic E-state index is 0.674. The molecule has 1 saturated heterocycles. The van der Waals surface area contributed by atoms with Crippen LogP contribution in [0.2, 0.25) is 0 Å². The highest BCUT2D eigenvalue weighted by molar-refractivity contribution is 8.67. The van der Waals surface area contributed by atoms with Crippen molar-refractivity contribution in [1.29, 1.82) is 0 Å². The molecule has 0 aromatic rings. The first-order valence-electron chi connectivity index (χ1n) is 3.70. The molecule has 0 radical (unpaired) electrons. The summed E-state index contributed by atoms with van der Waals surface area (Å²) in [5, 5.41) is 3.44. The van der Waals surface area contributed by atoms with Crippen LogP contribution in [0, 0.1) is 0 Å². The first-order chi connectivity index (χ1) is 4.93. The summed E-state index contributed by atoms with van der Waals surface area (Å²) in [6.07, 6.45) is 4.02. The molecule has 1 heterocycles. The monoisotopic (exact) mass is 178 g/mol. The van der Waals surface area contributed by atoms with Gasteiger partial charge in [0.05, 0.1) is 0 Å². The first kappa shape index (κ1) is 8.71. The summed E-state index contributed by atoms with van der Waals surface area (Å²) in [4.78, 5) is 0. The highest BCUT2D eigenvalue weighted by atomic mass is 33.1. The maximum Gasteiger partial charge on any atom is 0.0221 e. The maximum atomic E-state index is 4.00. The molecule has 60 valence electrons. The van der Waals surface area contributed by atoms with Gasteiger partial charge in [-0.25, -0.2) is 0 Å². The highest BCUT2D eigenvalue weighted by Crippen LogP contribution is 2.07. The van der Waals surface area contributed by atoms with Crippen molar-refractivity contribution in [2.24, 2.45) is 0 Å². The zero-order valence-corrected chi connectivity index (χ0v) is 7.68. The second-order valence-corrected chi connectivity index (χ2v) is 3.61. The Bertz CT molecular complexity index is 83.8. The third kappa shape index (κ3) is 3.14. The molecule has 10 heavy (non-hydrogen) atoms. The SMILES string of the molecule is SSNCC1CCCCN1. The number of hydrogen-bond donors (Lipinski definition) is 3. The summed E-state index contributed by atoms with van der Waals surface area (Å²) in [6.45, 7) is 2.22. The van der Waals surface area contributed by atoms with Crippen LogP contribution in [0.4, 0.5) is 0 Å². The third-order valence-electron chi connectivity index (χ3n) is 1.81. The number of piperidine rings is 1. The minimum Gasteiger partial charge on any atom is -0.313 e. The summed E-state index contributed by atoms with van der Waals surface area (Å²) in [6, 6.07) is 0.674. The summed E-state index contributed by atoms with van der Waals surface area (Å²) in [5.74, 6) is 0. The van der Waals surface area contributed by atoms with E-state index in [1.807, 2.05) is 0 Å². The van der Waals surface area contributed by atoms with Crippen molar-refractivity contribution in [3.8, 4) is 0 Å². The van der Waals surface area contributed by atoms with Gasteiger partial charge in [-0.1, -0.05) is 18.1 Å². The van der Waals surface area contributed by atoms with Crippen LogP contribution in [-0.4, -0.2) is 19.1 Å². The fraction of sp³-hybridized carbons (Fsp3) is 1.00. The van der Waals surface area contributed by atoms with Crippen LogP contribution >= 0.6 is 22.6 Å². The molecule has 0 spiro atoms. The zero-order valence-electron chi connectivity index (χ0n) is 5.97. The number of hydrogen-bond acceptors (Lipinski definition) is 4. The van der Waals surface area contributed by atoms with E-state index in [1.54, 1.807) is 0 Å². The Morgan fingerprint density at radius 3 is 3.10 bits per heavy atom. The molecule has 1 aliphatic rings. The molecule has 1 unspecified atom stereocenters. The fourth-order valence-electron chi connectivity index (χ4n) is 1.24. The highest BCUT2D eigenvalue weighted by Gasteiger charge is 2.10. The normalized spacial score (nSPS) is 26.7. The van der Waals surface area contributed by atoms with E-state index >= 15 is 0 Å². The molecule has 2 nitrogen and oxygen atoms in total. The van der Waals surface area contributed by atoms with E-state index < -0.39 is 0 Å². The van der Waals surface area contributed by atoms with Crippen LogP contribution in [0.3, 0.4) is 0 Å². The van der Waals surface area contributed by atoms with Gasteiger partial charge in [-0.15, -0.1) is 0 Å². The smallest absolute Gasteiger partial charge is 0.0221 e. The second kappa shape index (κ2) is 5.29. The molecule has 0 aromatic heterocycles. The number of nitrogens with one attached hydrogen (secondary N) is 2. The van der Waals surface area contributed by atoms with Crippen molar-refractivity contribution in [3.05, 3.63) is 0 Å². The average molecular weight is 178 g/mol. The topological polar surface area (TPSA) is 24.1 Å². The van der Waals surface area contributed by atoms with Crippen molar-refractivity contribution in [2.75, 3.05) is 13.1 Å². The molecule has 1 aliphatic heterocycles. The van der Waals surface area contributed by atoms with Crippen LogP contribution in [0.25, 0.3) is 0 Å². The Hall–Kier alpha value is 0.620. The predicted octanol–water partition coefficient (Wildman–Crippen LogP) is 1.21. The molecule has 4 heteroatoms. The largest absolute Gasteiger partial charge is 0.313 e. The number of rotatable bonds is 3. The van der Waals surface area contributed by atoms with E-state index in [9.17, 15) is 0 Å². The molecule has 0 aromatic carbocycles. The lowest BCUT2D eigenvalue weighted by Gasteiger charge is -2.22. The van der Waals surface area contributed by atoms with E-state index in [4.69, 9.17) is 0 Å². The van der Waals surface area contributed by atoms with Gasteiger partial charge in [0.1, 0.15) is 0 Å². The first-order valence-corrected chi connectivity index (χ1v) is 5.57.